The summed E-state index contributed by atoms with van der Waals surface area (Å²) in [4.78, 5) is 0. The zero-order valence-corrected chi connectivity index (χ0v) is 16.4. The first kappa shape index (κ1) is 30.2. The van der Waals surface area contributed by atoms with Crippen LogP contribution in [-0.4, -0.2) is 34.8 Å². The number of hydrogen-bond donors (Lipinski definition) is 2. The second kappa shape index (κ2) is 16.6. The molecule has 0 spiro atoms. The molecule has 26 heavy (non-hydrogen) atoms. The zero-order chi connectivity index (χ0) is 19.9. The molecule has 1 aliphatic carbocycles. The van der Waals surface area contributed by atoms with Crippen molar-refractivity contribution in [1.82, 2.24) is 0 Å². The average Bonchev–Trinajstić information content (AvgIpc) is 2.33. The number of halogens is 6. The fourth-order valence-corrected chi connectivity index (χ4v) is 1.75. The Bertz CT molecular complexity index is 372. The molecule has 0 saturated carbocycles. The molecule has 0 aromatic heterocycles. The molecule has 0 amide bonds. The minimum absolute atomic E-state index is 0. The van der Waals surface area contributed by atoms with E-state index >= 15 is 0 Å². The van der Waals surface area contributed by atoms with Crippen molar-refractivity contribution in [3.63, 3.8) is 0 Å². The van der Waals surface area contributed by atoms with Gasteiger partial charge in [-0.15, -0.1) is 0 Å². The van der Waals surface area contributed by atoms with Crippen molar-refractivity contribution in [3.05, 3.63) is 12.2 Å². The summed E-state index contributed by atoms with van der Waals surface area (Å²) in [6.07, 6.45) is 2.57. The minimum Gasteiger partial charge on any atom is -0.393 e. The van der Waals surface area contributed by atoms with Gasteiger partial charge in [0.25, 0.3) is 0 Å². The molecule has 157 valence electrons. The summed E-state index contributed by atoms with van der Waals surface area (Å²) in [5, 5.41) is 17.1. The molecule has 2 atom stereocenters. The molecule has 2 unspecified atom stereocenters. The Hall–Kier alpha value is -0.577. The summed E-state index contributed by atoms with van der Waals surface area (Å²) in [6.45, 7) is 3.32. The standard InChI is InChI=1S/C8H14.C5H12O2.C4F6.Rh/c1-2-4-6-8-7-5-3-1;1-4(6)3-5(2)7;5-3(6,7)1-2-4(8,9)10;/h1-2H,3-8H2;4-7H,3H2,1-2H3;;. The fraction of sp³-hybridized carbons (Fsp3) is 0.765. The van der Waals surface area contributed by atoms with Crippen LogP contribution >= 0.6 is 0 Å². The van der Waals surface area contributed by atoms with E-state index < -0.39 is 12.4 Å². The van der Waals surface area contributed by atoms with Crippen molar-refractivity contribution in [3.8, 4) is 11.8 Å². The van der Waals surface area contributed by atoms with E-state index in [1.54, 1.807) is 13.8 Å². The van der Waals surface area contributed by atoms with E-state index in [9.17, 15) is 26.3 Å². The number of allylic oxidation sites excluding steroid dienone is 2. The van der Waals surface area contributed by atoms with Crippen LogP contribution in [-0.2, 0) is 19.5 Å². The monoisotopic (exact) mass is 479 g/mol. The van der Waals surface area contributed by atoms with Crippen LogP contribution in [0.3, 0.4) is 0 Å². The Morgan fingerprint density at radius 3 is 1.27 bits per heavy atom. The normalized spacial score (nSPS) is 16.5. The summed E-state index contributed by atoms with van der Waals surface area (Å²) in [5.74, 6) is 0.174. The number of aliphatic hydroxyl groups excluding tert-OH is 2. The van der Waals surface area contributed by atoms with Crippen LogP contribution < -0.4 is 0 Å². The summed E-state index contributed by atoms with van der Waals surface area (Å²) in [6, 6.07) is 0. The van der Waals surface area contributed by atoms with E-state index in [1.807, 2.05) is 0 Å². The molecule has 0 heterocycles. The Kier molecular flexibility index (Phi) is 19.2. The van der Waals surface area contributed by atoms with Gasteiger partial charge in [-0.05, 0) is 46.0 Å². The third-order valence-corrected chi connectivity index (χ3v) is 2.69. The van der Waals surface area contributed by atoms with Crippen molar-refractivity contribution in [2.45, 2.75) is 83.4 Å². The van der Waals surface area contributed by atoms with Gasteiger partial charge in [0, 0.05) is 31.3 Å². The van der Waals surface area contributed by atoms with Crippen molar-refractivity contribution in [2.75, 3.05) is 0 Å². The average molecular weight is 479 g/mol. The maximum Gasteiger partial charge on any atom is 0.457 e. The van der Waals surface area contributed by atoms with Gasteiger partial charge in [0.1, 0.15) is 0 Å². The smallest absolute Gasteiger partial charge is 0.393 e. The van der Waals surface area contributed by atoms with Gasteiger partial charge in [0.2, 0.25) is 0 Å². The molecule has 0 aromatic rings. The van der Waals surface area contributed by atoms with Crippen LogP contribution in [0.5, 0.6) is 0 Å². The predicted octanol–water partition coefficient (Wildman–Crippen LogP) is 5.15. The number of alkyl halides is 6. The first-order chi connectivity index (χ1) is 11.3. The SMILES string of the molecule is C1=CCCCCCC1.CC(O)CC(C)O.FC(F)(F)C#CC(F)(F)F.[Rh]. The summed E-state index contributed by atoms with van der Waals surface area (Å²) in [5.41, 5.74) is 0. The van der Waals surface area contributed by atoms with Gasteiger partial charge in [0.15, 0.2) is 0 Å². The van der Waals surface area contributed by atoms with Crippen LogP contribution in [0.25, 0.3) is 0 Å². The fourth-order valence-electron chi connectivity index (χ4n) is 1.75. The van der Waals surface area contributed by atoms with E-state index in [-0.39, 0.29) is 43.5 Å². The summed E-state index contributed by atoms with van der Waals surface area (Å²) < 4.78 is 65.5. The largest absolute Gasteiger partial charge is 0.457 e. The molecule has 0 fully saturated rings. The van der Waals surface area contributed by atoms with Gasteiger partial charge in [-0.1, -0.05) is 25.0 Å². The maximum atomic E-state index is 10.9. The van der Waals surface area contributed by atoms with E-state index in [2.05, 4.69) is 12.2 Å². The molecule has 2 N–H and O–H groups in total. The number of rotatable bonds is 2. The molecule has 0 aromatic carbocycles. The first-order valence-corrected chi connectivity index (χ1v) is 8.02. The second-order valence-corrected chi connectivity index (χ2v) is 5.64. The predicted molar refractivity (Wildman–Crippen MR) is 84.7 cm³/mol. The van der Waals surface area contributed by atoms with Crippen LogP contribution in [0.1, 0.15) is 58.8 Å². The number of hydrogen-bond acceptors (Lipinski definition) is 2. The van der Waals surface area contributed by atoms with E-state index in [1.165, 1.54) is 38.5 Å². The summed E-state index contributed by atoms with van der Waals surface area (Å²) >= 11 is 0. The second-order valence-electron chi connectivity index (χ2n) is 5.64. The summed E-state index contributed by atoms with van der Waals surface area (Å²) in [7, 11) is 0. The Labute approximate surface area is 163 Å². The Morgan fingerprint density at radius 1 is 0.769 bits per heavy atom. The maximum absolute atomic E-state index is 10.9. The number of aliphatic hydroxyl groups is 2. The van der Waals surface area contributed by atoms with Gasteiger partial charge >= 0.3 is 12.4 Å². The minimum atomic E-state index is -5.07. The van der Waals surface area contributed by atoms with Crippen molar-refractivity contribution < 1.29 is 56.0 Å². The van der Waals surface area contributed by atoms with E-state index in [0.29, 0.717) is 6.42 Å². The van der Waals surface area contributed by atoms with Crippen molar-refractivity contribution in [2.24, 2.45) is 0 Å². The molecular formula is C17H26F6O2Rh. The third kappa shape index (κ3) is 34.7. The van der Waals surface area contributed by atoms with Crippen molar-refractivity contribution in [1.29, 1.82) is 0 Å². The molecule has 2 nitrogen and oxygen atoms in total. The molecular weight excluding hydrogens is 453 g/mol. The zero-order valence-electron chi connectivity index (χ0n) is 14.8. The Morgan fingerprint density at radius 2 is 1.08 bits per heavy atom. The van der Waals surface area contributed by atoms with Gasteiger partial charge < -0.3 is 10.2 Å². The van der Waals surface area contributed by atoms with Crippen molar-refractivity contribution >= 4 is 0 Å². The molecule has 0 aliphatic heterocycles. The molecule has 0 saturated heterocycles. The molecule has 1 rings (SSSR count). The quantitative estimate of drug-likeness (QED) is 0.249. The van der Waals surface area contributed by atoms with Gasteiger partial charge in [-0.2, -0.15) is 26.3 Å². The van der Waals surface area contributed by atoms with Gasteiger partial charge in [-0.3, -0.25) is 0 Å². The molecule has 0 bridgehead atoms. The van der Waals surface area contributed by atoms with Crippen LogP contribution in [0.2, 0.25) is 0 Å². The Balaban J connectivity index is -0.000000304. The van der Waals surface area contributed by atoms with E-state index in [0.717, 1.165) is 0 Å². The topological polar surface area (TPSA) is 40.5 Å². The van der Waals surface area contributed by atoms with Gasteiger partial charge in [0.05, 0.1) is 12.2 Å². The van der Waals surface area contributed by atoms with E-state index in [4.69, 9.17) is 10.2 Å². The van der Waals surface area contributed by atoms with Crippen LogP contribution in [0.15, 0.2) is 12.2 Å². The molecule has 9 heteroatoms. The first-order valence-electron chi connectivity index (χ1n) is 8.02. The molecule has 1 radical (unpaired) electrons. The van der Waals surface area contributed by atoms with Crippen LogP contribution in [0, 0.1) is 11.8 Å². The van der Waals surface area contributed by atoms with Crippen LogP contribution in [0.4, 0.5) is 26.3 Å². The molecule has 1 aliphatic rings. The van der Waals surface area contributed by atoms with Gasteiger partial charge in [-0.25, -0.2) is 0 Å². The third-order valence-electron chi connectivity index (χ3n) is 2.69.